The number of rotatable bonds is 5. The molecule has 0 saturated carbocycles. The monoisotopic (exact) mass is 373 g/mol. The fourth-order valence-corrected chi connectivity index (χ4v) is 2.38. The normalized spacial score (nSPS) is 10.4. The lowest BCUT2D eigenvalue weighted by Crippen LogP contribution is -2.14. The number of benzene rings is 2. The van der Waals surface area contributed by atoms with Gasteiger partial charge in [-0.3, -0.25) is 4.79 Å². The highest BCUT2D eigenvalue weighted by Gasteiger charge is 2.06. The van der Waals surface area contributed by atoms with Gasteiger partial charge in [0, 0.05) is 16.8 Å². The van der Waals surface area contributed by atoms with E-state index in [2.05, 4.69) is 15.6 Å². The number of aromatic nitrogens is 1. The number of anilines is 3. The van der Waals surface area contributed by atoms with Gasteiger partial charge in [-0.05, 0) is 42.0 Å². The fraction of sp³-hybridized carbons (Fsp3) is 0.0526. The molecule has 1 aromatic heterocycles. The summed E-state index contributed by atoms with van der Waals surface area (Å²) in [5.41, 5.74) is 1.74. The molecule has 0 aliphatic rings. The van der Waals surface area contributed by atoms with Crippen LogP contribution in [0.1, 0.15) is 5.56 Å². The minimum atomic E-state index is -0.943. The van der Waals surface area contributed by atoms with Crippen molar-refractivity contribution >= 4 is 34.7 Å². The first-order valence-electron chi connectivity index (χ1n) is 7.72. The summed E-state index contributed by atoms with van der Waals surface area (Å²) in [6.07, 6.45) is 1.69. The van der Waals surface area contributed by atoms with Crippen molar-refractivity contribution in [2.75, 3.05) is 10.6 Å². The van der Waals surface area contributed by atoms with E-state index in [-0.39, 0.29) is 12.3 Å². The molecule has 3 rings (SSSR count). The molecule has 132 valence electrons. The van der Waals surface area contributed by atoms with Gasteiger partial charge in [-0.15, -0.1) is 0 Å². The van der Waals surface area contributed by atoms with E-state index in [0.717, 1.165) is 17.7 Å². The van der Waals surface area contributed by atoms with E-state index in [9.17, 15) is 13.6 Å². The van der Waals surface area contributed by atoms with E-state index in [0.29, 0.717) is 22.2 Å². The van der Waals surface area contributed by atoms with Crippen molar-refractivity contribution < 1.29 is 13.6 Å². The summed E-state index contributed by atoms with van der Waals surface area (Å²) in [5.74, 6) is -1.61. The van der Waals surface area contributed by atoms with Gasteiger partial charge < -0.3 is 10.6 Å². The van der Waals surface area contributed by atoms with Crippen molar-refractivity contribution in [2.45, 2.75) is 6.42 Å². The summed E-state index contributed by atoms with van der Waals surface area (Å²) < 4.78 is 26.1. The highest BCUT2D eigenvalue weighted by molar-refractivity contribution is 6.30. The molecule has 2 N–H and O–H groups in total. The summed E-state index contributed by atoms with van der Waals surface area (Å²) in [5, 5.41) is 6.21. The van der Waals surface area contributed by atoms with E-state index in [1.54, 1.807) is 36.4 Å². The Bertz CT molecular complexity index is 915. The predicted octanol–water partition coefficient (Wildman–Crippen LogP) is 4.94. The molecule has 0 atom stereocenters. The smallest absolute Gasteiger partial charge is 0.228 e. The van der Waals surface area contributed by atoms with E-state index < -0.39 is 11.6 Å². The lowest BCUT2D eigenvalue weighted by molar-refractivity contribution is -0.115. The Hall–Kier alpha value is -2.99. The molecule has 0 bridgehead atoms. The van der Waals surface area contributed by atoms with Crippen LogP contribution in [-0.2, 0) is 11.2 Å². The van der Waals surface area contributed by atoms with Gasteiger partial charge in [-0.1, -0.05) is 23.7 Å². The van der Waals surface area contributed by atoms with Gasteiger partial charge in [-0.25, -0.2) is 13.8 Å². The van der Waals surface area contributed by atoms with Gasteiger partial charge in [0.25, 0.3) is 0 Å². The summed E-state index contributed by atoms with van der Waals surface area (Å²) in [6.45, 7) is 0. The highest BCUT2D eigenvalue weighted by Crippen LogP contribution is 2.19. The average Bonchev–Trinajstić information content (AvgIpc) is 2.62. The highest BCUT2D eigenvalue weighted by atomic mass is 35.5. The third kappa shape index (κ3) is 4.77. The van der Waals surface area contributed by atoms with Crippen LogP contribution in [0, 0.1) is 11.6 Å². The second-order valence-corrected chi connectivity index (χ2v) is 5.97. The van der Waals surface area contributed by atoms with Crippen LogP contribution in [-0.4, -0.2) is 10.9 Å². The molecule has 1 amide bonds. The summed E-state index contributed by atoms with van der Waals surface area (Å²) in [4.78, 5) is 16.2. The van der Waals surface area contributed by atoms with Crippen LogP contribution in [0.25, 0.3) is 0 Å². The standard InChI is InChI=1S/C19H14ClF2N3O/c20-13-3-1-12(2-4-13)9-19(26)25-15-6-8-18(23-11-15)24-14-5-7-16(21)17(22)10-14/h1-8,10-11H,9H2,(H,23,24)(H,25,26). The zero-order valence-electron chi connectivity index (χ0n) is 13.5. The largest absolute Gasteiger partial charge is 0.340 e. The molecule has 7 heteroatoms. The van der Waals surface area contributed by atoms with E-state index in [1.165, 1.54) is 12.3 Å². The first-order chi connectivity index (χ1) is 12.5. The van der Waals surface area contributed by atoms with Gasteiger partial charge in [0.15, 0.2) is 11.6 Å². The van der Waals surface area contributed by atoms with Gasteiger partial charge >= 0.3 is 0 Å². The molecule has 0 radical (unpaired) electrons. The predicted molar refractivity (Wildman–Crippen MR) is 97.7 cm³/mol. The van der Waals surface area contributed by atoms with Crippen molar-refractivity contribution in [3.63, 3.8) is 0 Å². The molecule has 0 saturated heterocycles. The van der Waals surface area contributed by atoms with Crippen LogP contribution >= 0.6 is 11.6 Å². The Morgan fingerprint density at radius 1 is 0.962 bits per heavy atom. The average molecular weight is 374 g/mol. The number of carbonyl (C=O) groups excluding carboxylic acids is 1. The molecule has 1 heterocycles. The number of nitrogens with one attached hydrogen (secondary N) is 2. The number of pyridine rings is 1. The topological polar surface area (TPSA) is 54.0 Å². The quantitative estimate of drug-likeness (QED) is 0.666. The minimum absolute atomic E-state index is 0.185. The Labute approximate surface area is 153 Å². The van der Waals surface area contributed by atoms with Crippen LogP contribution in [0.3, 0.4) is 0 Å². The summed E-state index contributed by atoms with van der Waals surface area (Å²) in [7, 11) is 0. The van der Waals surface area contributed by atoms with Crippen molar-refractivity contribution in [3.8, 4) is 0 Å². The molecule has 0 fully saturated rings. The van der Waals surface area contributed by atoms with Crippen molar-refractivity contribution in [1.82, 2.24) is 4.98 Å². The molecule has 3 aromatic rings. The van der Waals surface area contributed by atoms with Gasteiger partial charge in [0.1, 0.15) is 5.82 Å². The number of nitrogens with zero attached hydrogens (tertiary/aromatic N) is 1. The van der Waals surface area contributed by atoms with Crippen molar-refractivity contribution in [2.24, 2.45) is 0 Å². The van der Waals surface area contributed by atoms with E-state index in [1.807, 2.05) is 0 Å². The zero-order valence-corrected chi connectivity index (χ0v) is 14.2. The molecule has 4 nitrogen and oxygen atoms in total. The third-order valence-electron chi connectivity index (χ3n) is 3.52. The van der Waals surface area contributed by atoms with Crippen LogP contribution in [0.15, 0.2) is 60.8 Å². The molecular formula is C19H14ClF2N3O. The maximum Gasteiger partial charge on any atom is 0.228 e. The summed E-state index contributed by atoms with van der Waals surface area (Å²) in [6, 6.07) is 13.8. The first kappa shape index (κ1) is 17.8. The van der Waals surface area contributed by atoms with E-state index >= 15 is 0 Å². The Balaban J connectivity index is 1.59. The molecule has 26 heavy (non-hydrogen) atoms. The molecule has 0 aliphatic carbocycles. The molecular weight excluding hydrogens is 360 g/mol. The maximum atomic E-state index is 13.2. The Kier molecular flexibility index (Phi) is 5.43. The Morgan fingerprint density at radius 2 is 1.69 bits per heavy atom. The van der Waals surface area contributed by atoms with Crippen LogP contribution in [0.2, 0.25) is 5.02 Å². The SMILES string of the molecule is O=C(Cc1ccc(Cl)cc1)Nc1ccc(Nc2ccc(F)c(F)c2)nc1. The second-order valence-electron chi connectivity index (χ2n) is 5.54. The molecule has 2 aromatic carbocycles. The number of hydrogen-bond acceptors (Lipinski definition) is 3. The lowest BCUT2D eigenvalue weighted by atomic mass is 10.1. The number of carbonyl (C=O) groups is 1. The maximum absolute atomic E-state index is 13.2. The first-order valence-corrected chi connectivity index (χ1v) is 8.10. The van der Waals surface area contributed by atoms with Crippen molar-refractivity contribution in [1.29, 1.82) is 0 Å². The van der Waals surface area contributed by atoms with Gasteiger partial charge in [0.05, 0.1) is 18.3 Å². The lowest BCUT2D eigenvalue weighted by Gasteiger charge is -2.08. The number of hydrogen-bond donors (Lipinski definition) is 2. The van der Waals surface area contributed by atoms with Gasteiger partial charge in [-0.2, -0.15) is 0 Å². The van der Waals surface area contributed by atoms with E-state index in [4.69, 9.17) is 11.6 Å². The third-order valence-corrected chi connectivity index (χ3v) is 3.77. The number of amides is 1. The Morgan fingerprint density at radius 3 is 2.35 bits per heavy atom. The van der Waals surface area contributed by atoms with Crippen molar-refractivity contribution in [3.05, 3.63) is 83.0 Å². The second kappa shape index (κ2) is 7.93. The minimum Gasteiger partial charge on any atom is -0.340 e. The number of halogens is 3. The zero-order chi connectivity index (χ0) is 18.5. The molecule has 0 aliphatic heterocycles. The van der Waals surface area contributed by atoms with Crippen LogP contribution in [0.4, 0.5) is 26.0 Å². The van der Waals surface area contributed by atoms with Crippen LogP contribution in [0.5, 0.6) is 0 Å². The van der Waals surface area contributed by atoms with Gasteiger partial charge in [0.2, 0.25) is 5.91 Å². The molecule has 0 spiro atoms. The van der Waals surface area contributed by atoms with Crippen LogP contribution < -0.4 is 10.6 Å². The fourth-order valence-electron chi connectivity index (χ4n) is 2.26. The summed E-state index contributed by atoms with van der Waals surface area (Å²) >= 11 is 5.81. The molecule has 0 unspecified atom stereocenters.